The SMILES string of the molecule is COc1ccc(S(=O)(=O)Nc2c(-c3ccccc3)c(-c3ccccc3)nn2-c2ccccc2)cc1. The molecule has 5 rings (SSSR count). The van der Waals surface area contributed by atoms with Crippen LogP contribution < -0.4 is 9.46 Å². The molecule has 0 aliphatic rings. The van der Waals surface area contributed by atoms with Crippen LogP contribution in [0.1, 0.15) is 0 Å². The number of sulfonamides is 1. The van der Waals surface area contributed by atoms with Gasteiger partial charge >= 0.3 is 0 Å². The molecule has 35 heavy (non-hydrogen) atoms. The molecule has 0 spiro atoms. The Morgan fingerprint density at radius 2 is 1.26 bits per heavy atom. The third-order valence-corrected chi connectivity index (χ3v) is 6.95. The molecule has 6 nitrogen and oxygen atoms in total. The van der Waals surface area contributed by atoms with Crippen molar-refractivity contribution in [2.75, 3.05) is 11.8 Å². The number of methoxy groups -OCH3 is 1. The summed E-state index contributed by atoms with van der Waals surface area (Å²) in [6.07, 6.45) is 0. The maximum atomic E-state index is 13.5. The monoisotopic (exact) mass is 481 g/mol. The Bertz CT molecular complexity index is 1530. The third kappa shape index (κ3) is 4.54. The van der Waals surface area contributed by atoms with Gasteiger partial charge < -0.3 is 4.74 Å². The molecule has 0 aliphatic heterocycles. The molecule has 0 bridgehead atoms. The molecule has 0 amide bonds. The first-order valence-electron chi connectivity index (χ1n) is 11.0. The molecular formula is C28H23N3O3S. The van der Waals surface area contributed by atoms with Crippen molar-refractivity contribution in [1.82, 2.24) is 9.78 Å². The first-order chi connectivity index (χ1) is 17.1. The number of rotatable bonds is 7. The number of benzene rings is 4. The highest BCUT2D eigenvalue weighted by atomic mass is 32.2. The van der Waals surface area contributed by atoms with Gasteiger partial charge in [0.1, 0.15) is 11.4 Å². The Balaban J connectivity index is 1.75. The van der Waals surface area contributed by atoms with Crippen LogP contribution in [-0.2, 0) is 10.0 Å². The summed E-state index contributed by atoms with van der Waals surface area (Å²) in [4.78, 5) is 0.124. The molecular weight excluding hydrogens is 458 g/mol. The second-order valence-corrected chi connectivity index (χ2v) is 9.52. The summed E-state index contributed by atoms with van der Waals surface area (Å²) < 4.78 is 36.7. The molecule has 1 N–H and O–H groups in total. The highest BCUT2D eigenvalue weighted by molar-refractivity contribution is 7.92. The first-order valence-corrected chi connectivity index (χ1v) is 12.5. The van der Waals surface area contributed by atoms with Gasteiger partial charge in [-0.2, -0.15) is 5.10 Å². The molecule has 1 heterocycles. The minimum atomic E-state index is -3.93. The first kappa shape index (κ1) is 22.4. The number of aromatic nitrogens is 2. The summed E-state index contributed by atoms with van der Waals surface area (Å²) in [6, 6.07) is 35.2. The summed E-state index contributed by atoms with van der Waals surface area (Å²) in [5.74, 6) is 0.937. The minimum Gasteiger partial charge on any atom is -0.497 e. The summed E-state index contributed by atoms with van der Waals surface area (Å²) in [7, 11) is -2.40. The standard InChI is InChI=1S/C28H23N3O3S/c1-34-24-17-19-25(20-18-24)35(32,33)30-28-26(21-11-5-2-6-12-21)27(22-13-7-3-8-14-22)29-31(28)23-15-9-4-10-16-23/h2-20,30H,1H3. The number of ether oxygens (including phenoxy) is 1. The van der Waals surface area contributed by atoms with Gasteiger partial charge in [0.05, 0.1) is 23.3 Å². The van der Waals surface area contributed by atoms with Crippen LogP contribution >= 0.6 is 0 Å². The van der Waals surface area contributed by atoms with Crippen LogP contribution in [-0.4, -0.2) is 25.3 Å². The van der Waals surface area contributed by atoms with Crippen molar-refractivity contribution in [1.29, 1.82) is 0 Å². The van der Waals surface area contributed by atoms with E-state index in [9.17, 15) is 8.42 Å². The van der Waals surface area contributed by atoms with Crippen molar-refractivity contribution < 1.29 is 13.2 Å². The van der Waals surface area contributed by atoms with Gasteiger partial charge in [0.15, 0.2) is 5.82 Å². The normalized spacial score (nSPS) is 11.2. The molecule has 0 saturated carbocycles. The van der Waals surface area contributed by atoms with Gasteiger partial charge in [-0.3, -0.25) is 4.72 Å². The molecule has 5 aromatic rings. The Hall–Kier alpha value is -4.36. The molecule has 0 fully saturated rings. The predicted molar refractivity (Wildman–Crippen MR) is 138 cm³/mol. The van der Waals surface area contributed by atoms with E-state index in [1.54, 1.807) is 16.8 Å². The quantitative estimate of drug-likeness (QED) is 0.309. The van der Waals surface area contributed by atoms with Crippen LogP contribution in [0.25, 0.3) is 28.1 Å². The Morgan fingerprint density at radius 1 is 0.714 bits per heavy atom. The van der Waals surface area contributed by atoms with Gasteiger partial charge in [0.2, 0.25) is 0 Å². The summed E-state index contributed by atoms with van der Waals surface area (Å²) in [5, 5.41) is 4.90. The van der Waals surface area contributed by atoms with Crippen molar-refractivity contribution in [3.8, 4) is 33.8 Å². The fourth-order valence-corrected chi connectivity index (χ4v) is 4.94. The highest BCUT2D eigenvalue weighted by Gasteiger charge is 2.26. The van der Waals surface area contributed by atoms with E-state index in [4.69, 9.17) is 9.84 Å². The zero-order chi connectivity index (χ0) is 24.3. The second kappa shape index (κ2) is 9.48. The van der Waals surface area contributed by atoms with Gasteiger partial charge in [0.25, 0.3) is 10.0 Å². The zero-order valence-corrected chi connectivity index (χ0v) is 19.8. The Labute approximate surface area is 204 Å². The molecule has 0 unspecified atom stereocenters. The van der Waals surface area contributed by atoms with Crippen LogP contribution in [0, 0.1) is 0 Å². The van der Waals surface area contributed by atoms with E-state index < -0.39 is 10.0 Å². The van der Waals surface area contributed by atoms with E-state index in [-0.39, 0.29) is 4.90 Å². The van der Waals surface area contributed by atoms with E-state index in [1.165, 1.54) is 19.2 Å². The smallest absolute Gasteiger partial charge is 0.263 e. The van der Waals surface area contributed by atoms with E-state index in [0.29, 0.717) is 22.8 Å². The molecule has 0 atom stereocenters. The van der Waals surface area contributed by atoms with E-state index >= 15 is 0 Å². The van der Waals surface area contributed by atoms with Crippen LogP contribution in [0.15, 0.2) is 120 Å². The number of hydrogen-bond acceptors (Lipinski definition) is 4. The molecule has 174 valence electrons. The number of hydrogen-bond donors (Lipinski definition) is 1. The van der Waals surface area contributed by atoms with E-state index in [0.717, 1.165) is 16.8 Å². The van der Waals surface area contributed by atoms with Crippen molar-refractivity contribution >= 4 is 15.8 Å². The van der Waals surface area contributed by atoms with E-state index in [1.807, 2.05) is 91.0 Å². The maximum Gasteiger partial charge on any atom is 0.263 e. The van der Waals surface area contributed by atoms with Crippen LogP contribution in [0.3, 0.4) is 0 Å². The summed E-state index contributed by atoms with van der Waals surface area (Å²) >= 11 is 0. The lowest BCUT2D eigenvalue weighted by Crippen LogP contribution is -2.16. The van der Waals surface area contributed by atoms with Crippen molar-refractivity contribution in [2.45, 2.75) is 4.90 Å². The van der Waals surface area contributed by atoms with Gasteiger partial charge in [-0.25, -0.2) is 13.1 Å². The predicted octanol–water partition coefficient (Wildman–Crippen LogP) is 6.02. The van der Waals surface area contributed by atoms with Crippen molar-refractivity contribution in [2.24, 2.45) is 0 Å². The molecule has 0 saturated heterocycles. The lowest BCUT2D eigenvalue weighted by molar-refractivity contribution is 0.414. The maximum absolute atomic E-state index is 13.5. The molecule has 7 heteroatoms. The number of para-hydroxylation sites is 1. The Kier molecular flexibility index (Phi) is 6.08. The van der Waals surface area contributed by atoms with Gasteiger partial charge in [0, 0.05) is 5.56 Å². The topological polar surface area (TPSA) is 73.2 Å². The Morgan fingerprint density at radius 3 is 1.83 bits per heavy atom. The number of nitrogens with zero attached hydrogens (tertiary/aromatic N) is 2. The third-order valence-electron chi connectivity index (χ3n) is 5.60. The second-order valence-electron chi connectivity index (χ2n) is 7.83. The van der Waals surface area contributed by atoms with Crippen molar-refractivity contribution in [3.63, 3.8) is 0 Å². The van der Waals surface area contributed by atoms with Crippen molar-refractivity contribution in [3.05, 3.63) is 115 Å². The average Bonchev–Trinajstić information content (AvgIpc) is 3.28. The lowest BCUT2D eigenvalue weighted by atomic mass is 10.0. The largest absolute Gasteiger partial charge is 0.497 e. The van der Waals surface area contributed by atoms with Gasteiger partial charge in [-0.1, -0.05) is 78.9 Å². The number of nitrogens with one attached hydrogen (secondary N) is 1. The number of anilines is 1. The van der Waals surface area contributed by atoms with Crippen LogP contribution in [0.2, 0.25) is 0 Å². The lowest BCUT2D eigenvalue weighted by Gasteiger charge is -2.13. The zero-order valence-electron chi connectivity index (χ0n) is 19.0. The van der Waals surface area contributed by atoms with E-state index in [2.05, 4.69) is 4.72 Å². The summed E-state index contributed by atoms with van der Waals surface area (Å²) in [5.41, 5.74) is 3.83. The average molecular weight is 482 g/mol. The molecule has 4 aromatic carbocycles. The highest BCUT2D eigenvalue weighted by Crippen LogP contribution is 2.40. The molecule has 1 aromatic heterocycles. The minimum absolute atomic E-state index is 0.124. The molecule has 0 radical (unpaired) electrons. The van der Waals surface area contributed by atoms with Crippen LogP contribution in [0.4, 0.5) is 5.82 Å². The summed E-state index contributed by atoms with van der Waals surface area (Å²) in [6.45, 7) is 0. The fraction of sp³-hybridized carbons (Fsp3) is 0.0357. The van der Waals surface area contributed by atoms with Crippen LogP contribution in [0.5, 0.6) is 5.75 Å². The van der Waals surface area contributed by atoms with Gasteiger partial charge in [-0.05, 0) is 42.0 Å². The fourth-order valence-electron chi connectivity index (χ4n) is 3.89. The molecule has 0 aliphatic carbocycles. The van der Waals surface area contributed by atoms with Gasteiger partial charge in [-0.15, -0.1) is 0 Å².